The summed E-state index contributed by atoms with van der Waals surface area (Å²) in [6.45, 7) is 3.45. The molecule has 0 aliphatic rings. The zero-order chi connectivity index (χ0) is 13.9. The van der Waals surface area contributed by atoms with Gasteiger partial charge in [0, 0.05) is 16.6 Å². The lowest BCUT2D eigenvalue weighted by atomic mass is 9.80. The average molecular weight is 272 g/mol. The van der Waals surface area contributed by atoms with E-state index in [1.54, 1.807) is 39.2 Å². The second-order valence-corrected chi connectivity index (χ2v) is 5.01. The summed E-state index contributed by atoms with van der Waals surface area (Å²) in [5, 5.41) is 0.543. The van der Waals surface area contributed by atoms with Crippen molar-refractivity contribution in [1.29, 1.82) is 0 Å². The predicted octanol–water partition coefficient (Wildman–Crippen LogP) is 2.55. The van der Waals surface area contributed by atoms with Gasteiger partial charge in [-0.25, -0.2) is 0 Å². The molecule has 1 aromatic rings. The van der Waals surface area contributed by atoms with Gasteiger partial charge in [0.15, 0.2) is 0 Å². The lowest BCUT2D eigenvalue weighted by molar-refractivity contribution is -0.152. The van der Waals surface area contributed by atoms with Gasteiger partial charge in [-0.2, -0.15) is 0 Å². The highest BCUT2D eigenvalue weighted by Gasteiger charge is 2.38. The van der Waals surface area contributed by atoms with Crippen molar-refractivity contribution in [3.05, 3.63) is 28.8 Å². The molecule has 0 heterocycles. The van der Waals surface area contributed by atoms with E-state index >= 15 is 0 Å². The SMILES string of the molecule is COC(=O)C(C)(C)[C@H](N)c1cc(Cl)ccc1OC. The van der Waals surface area contributed by atoms with Gasteiger partial charge in [0.2, 0.25) is 0 Å². The fourth-order valence-electron chi connectivity index (χ4n) is 1.73. The van der Waals surface area contributed by atoms with E-state index in [0.717, 1.165) is 0 Å². The van der Waals surface area contributed by atoms with Crippen LogP contribution in [0.5, 0.6) is 5.75 Å². The molecule has 0 saturated carbocycles. The van der Waals surface area contributed by atoms with Crippen LogP contribution in [-0.4, -0.2) is 20.2 Å². The summed E-state index contributed by atoms with van der Waals surface area (Å²) in [4.78, 5) is 11.8. The topological polar surface area (TPSA) is 61.5 Å². The highest BCUT2D eigenvalue weighted by Crippen LogP contribution is 2.38. The van der Waals surface area contributed by atoms with E-state index in [-0.39, 0.29) is 5.97 Å². The zero-order valence-electron chi connectivity index (χ0n) is 11.0. The Morgan fingerprint density at radius 1 is 1.39 bits per heavy atom. The van der Waals surface area contributed by atoms with E-state index in [4.69, 9.17) is 26.8 Å². The molecule has 5 heteroatoms. The second-order valence-electron chi connectivity index (χ2n) is 4.58. The van der Waals surface area contributed by atoms with Crippen molar-refractivity contribution >= 4 is 17.6 Å². The van der Waals surface area contributed by atoms with Crippen LogP contribution in [0.3, 0.4) is 0 Å². The van der Waals surface area contributed by atoms with Gasteiger partial charge in [-0.1, -0.05) is 11.6 Å². The van der Waals surface area contributed by atoms with Crippen LogP contribution in [0.15, 0.2) is 18.2 Å². The largest absolute Gasteiger partial charge is 0.496 e. The van der Waals surface area contributed by atoms with Crippen molar-refractivity contribution in [2.75, 3.05) is 14.2 Å². The Kier molecular flexibility index (Phi) is 4.59. The van der Waals surface area contributed by atoms with Gasteiger partial charge < -0.3 is 15.2 Å². The quantitative estimate of drug-likeness (QED) is 0.855. The number of ether oxygens (including phenoxy) is 2. The summed E-state index contributed by atoms with van der Waals surface area (Å²) in [5.74, 6) is 0.223. The minimum atomic E-state index is -0.868. The molecule has 1 rings (SSSR count). The van der Waals surface area contributed by atoms with Crippen LogP contribution in [0.4, 0.5) is 0 Å². The normalized spacial score (nSPS) is 13.0. The van der Waals surface area contributed by atoms with Crippen molar-refractivity contribution in [3.63, 3.8) is 0 Å². The van der Waals surface area contributed by atoms with Crippen LogP contribution in [0, 0.1) is 5.41 Å². The number of rotatable bonds is 4. The number of halogens is 1. The van der Waals surface area contributed by atoms with Crippen LogP contribution in [0.2, 0.25) is 5.02 Å². The minimum absolute atomic E-state index is 0.378. The van der Waals surface area contributed by atoms with Gasteiger partial charge in [0.1, 0.15) is 5.75 Å². The Bertz CT molecular complexity index is 446. The van der Waals surface area contributed by atoms with Gasteiger partial charge in [-0.05, 0) is 32.0 Å². The van der Waals surface area contributed by atoms with Crippen molar-refractivity contribution in [2.24, 2.45) is 11.1 Å². The number of carbonyl (C=O) groups is 1. The highest BCUT2D eigenvalue weighted by atomic mass is 35.5. The van der Waals surface area contributed by atoms with Crippen molar-refractivity contribution < 1.29 is 14.3 Å². The molecule has 1 atom stereocenters. The third-order valence-corrected chi connectivity index (χ3v) is 3.25. The van der Waals surface area contributed by atoms with E-state index in [0.29, 0.717) is 16.3 Å². The number of esters is 1. The van der Waals surface area contributed by atoms with E-state index in [1.165, 1.54) is 7.11 Å². The predicted molar refractivity (Wildman–Crippen MR) is 70.7 cm³/mol. The monoisotopic (exact) mass is 271 g/mol. The summed E-state index contributed by atoms with van der Waals surface area (Å²) in [6, 6.07) is 4.57. The van der Waals surface area contributed by atoms with E-state index in [2.05, 4.69) is 0 Å². The van der Waals surface area contributed by atoms with Crippen LogP contribution < -0.4 is 10.5 Å². The Hall–Kier alpha value is -1.26. The maximum absolute atomic E-state index is 11.8. The van der Waals surface area contributed by atoms with Gasteiger partial charge in [-0.3, -0.25) is 4.79 Å². The van der Waals surface area contributed by atoms with Crippen molar-refractivity contribution in [1.82, 2.24) is 0 Å². The molecule has 0 fully saturated rings. The smallest absolute Gasteiger partial charge is 0.313 e. The Morgan fingerprint density at radius 2 is 2.00 bits per heavy atom. The van der Waals surface area contributed by atoms with Crippen molar-refractivity contribution in [3.8, 4) is 5.75 Å². The molecular weight excluding hydrogens is 254 g/mol. The molecule has 100 valence electrons. The van der Waals surface area contributed by atoms with E-state index in [1.807, 2.05) is 0 Å². The highest BCUT2D eigenvalue weighted by molar-refractivity contribution is 6.30. The molecule has 0 aliphatic heterocycles. The number of hydrogen-bond donors (Lipinski definition) is 1. The fraction of sp³-hybridized carbons (Fsp3) is 0.462. The number of methoxy groups -OCH3 is 2. The Balaban J connectivity index is 3.21. The van der Waals surface area contributed by atoms with Gasteiger partial charge >= 0.3 is 5.97 Å². The van der Waals surface area contributed by atoms with Gasteiger partial charge in [-0.15, -0.1) is 0 Å². The first-order valence-electron chi connectivity index (χ1n) is 5.52. The first-order chi connectivity index (χ1) is 8.34. The first-order valence-corrected chi connectivity index (χ1v) is 5.89. The molecule has 4 nitrogen and oxygen atoms in total. The molecule has 0 aliphatic carbocycles. The molecule has 0 bridgehead atoms. The van der Waals surface area contributed by atoms with Crippen LogP contribution in [-0.2, 0) is 9.53 Å². The Morgan fingerprint density at radius 3 is 2.50 bits per heavy atom. The lowest BCUT2D eigenvalue weighted by Gasteiger charge is -2.29. The number of carbonyl (C=O) groups excluding carboxylic acids is 1. The minimum Gasteiger partial charge on any atom is -0.496 e. The number of hydrogen-bond acceptors (Lipinski definition) is 4. The van der Waals surface area contributed by atoms with E-state index in [9.17, 15) is 4.79 Å². The number of benzene rings is 1. The van der Waals surface area contributed by atoms with Crippen LogP contribution >= 0.6 is 11.6 Å². The molecule has 0 spiro atoms. The Labute approximate surface area is 112 Å². The fourth-order valence-corrected chi connectivity index (χ4v) is 1.91. The summed E-state index contributed by atoms with van der Waals surface area (Å²) >= 11 is 5.95. The molecule has 0 saturated heterocycles. The lowest BCUT2D eigenvalue weighted by Crippen LogP contribution is -2.37. The van der Waals surface area contributed by atoms with Gasteiger partial charge in [0.25, 0.3) is 0 Å². The third kappa shape index (κ3) is 2.76. The molecular formula is C13H18ClNO3. The van der Waals surface area contributed by atoms with E-state index < -0.39 is 11.5 Å². The average Bonchev–Trinajstić information content (AvgIpc) is 2.36. The molecule has 2 N–H and O–H groups in total. The maximum Gasteiger partial charge on any atom is 0.313 e. The molecule has 0 unspecified atom stereocenters. The molecule has 0 radical (unpaired) electrons. The summed E-state index contributed by atoms with van der Waals surface area (Å²) in [5.41, 5.74) is 5.97. The molecule has 0 aromatic heterocycles. The standard InChI is InChI=1S/C13H18ClNO3/c1-13(2,12(16)18-4)11(15)9-7-8(14)5-6-10(9)17-3/h5-7,11H,15H2,1-4H3/t11-/m1/s1. The van der Waals surface area contributed by atoms with Gasteiger partial charge in [0.05, 0.1) is 19.6 Å². The molecule has 1 aromatic carbocycles. The number of nitrogens with two attached hydrogens (primary N) is 1. The molecule has 18 heavy (non-hydrogen) atoms. The van der Waals surface area contributed by atoms with Crippen LogP contribution in [0.1, 0.15) is 25.5 Å². The maximum atomic E-state index is 11.8. The summed E-state index contributed by atoms with van der Waals surface area (Å²) < 4.78 is 10.0. The molecule has 0 amide bonds. The second kappa shape index (κ2) is 5.59. The first kappa shape index (κ1) is 14.8. The van der Waals surface area contributed by atoms with Crippen molar-refractivity contribution in [2.45, 2.75) is 19.9 Å². The summed E-state index contributed by atoms with van der Waals surface area (Å²) in [7, 11) is 2.89. The zero-order valence-corrected chi connectivity index (χ0v) is 11.7. The van der Waals surface area contributed by atoms with Crippen LogP contribution in [0.25, 0.3) is 0 Å². The summed E-state index contributed by atoms with van der Waals surface area (Å²) in [6.07, 6.45) is 0. The third-order valence-electron chi connectivity index (χ3n) is 3.02.